The Kier molecular flexibility index (Phi) is 12.1. The first kappa shape index (κ1) is 37.4. The number of nitrogens with one attached hydrogen (secondary N) is 1. The van der Waals surface area contributed by atoms with Gasteiger partial charge in [0.05, 0.1) is 28.3 Å². The molecule has 230 valence electrons. The smallest absolute Gasteiger partial charge is 0.744 e. The van der Waals surface area contributed by atoms with Crippen molar-refractivity contribution in [3.8, 4) is 11.5 Å². The van der Waals surface area contributed by atoms with E-state index in [0.717, 1.165) is 23.9 Å². The van der Waals surface area contributed by atoms with Crippen LogP contribution in [-0.2, 0) is 20.2 Å². The number of benzene rings is 5. The van der Waals surface area contributed by atoms with Crippen molar-refractivity contribution in [3.05, 3.63) is 96.6 Å². The maximum atomic E-state index is 12.2. The summed E-state index contributed by atoms with van der Waals surface area (Å²) in [5.41, 5.74) is 2.16. The van der Waals surface area contributed by atoms with Crippen LogP contribution in [0.1, 0.15) is 5.56 Å². The van der Waals surface area contributed by atoms with E-state index in [-0.39, 0.29) is 65.6 Å². The zero-order chi connectivity index (χ0) is 32.4. The number of nitrogens with zero attached hydrogens (tertiary/aromatic N) is 4. The monoisotopic (exact) mass is 659 g/mol. The molecule has 0 saturated carbocycles. The average Bonchev–Trinajstić information content (AvgIpc) is 2.99. The molecule has 2 N–H and O–H groups in total. The molecule has 5 rings (SSSR count). The van der Waals surface area contributed by atoms with E-state index in [0.29, 0.717) is 16.9 Å². The Labute approximate surface area is 294 Å². The predicted octanol–water partition coefficient (Wildman–Crippen LogP) is 1.25. The first-order valence-electron chi connectivity index (χ1n) is 13.0. The fourth-order valence-electron chi connectivity index (χ4n) is 4.31. The third-order valence-corrected chi connectivity index (χ3v) is 8.24. The maximum absolute atomic E-state index is 12.2. The molecule has 0 radical (unpaired) electrons. The van der Waals surface area contributed by atoms with Crippen molar-refractivity contribution >= 4 is 65.1 Å². The van der Waals surface area contributed by atoms with Gasteiger partial charge in [0.2, 0.25) is 0 Å². The fraction of sp³-hybridized carbons (Fsp3) is 0.0667. The summed E-state index contributed by atoms with van der Waals surface area (Å²) in [6.07, 6.45) is 0. The van der Waals surface area contributed by atoms with Gasteiger partial charge >= 0.3 is 37.7 Å². The number of aromatic hydroxyl groups is 1. The van der Waals surface area contributed by atoms with E-state index in [4.69, 9.17) is 4.74 Å². The molecule has 13 nitrogen and oxygen atoms in total. The number of ether oxygens (including phenoxy) is 1. The topological polar surface area (TPSA) is 205 Å². The largest absolute Gasteiger partial charge is 1.00 e. The Morgan fingerprint density at radius 2 is 1.38 bits per heavy atom. The van der Waals surface area contributed by atoms with E-state index >= 15 is 0 Å². The van der Waals surface area contributed by atoms with Gasteiger partial charge < -0.3 is 24.3 Å². The molecule has 47 heavy (non-hydrogen) atoms. The normalized spacial score (nSPS) is 11.7. The van der Waals surface area contributed by atoms with Crippen LogP contribution in [-0.4, -0.2) is 38.2 Å². The number of aryl methyl sites for hydroxylation is 1. The first-order valence-corrected chi connectivity index (χ1v) is 15.8. The van der Waals surface area contributed by atoms with E-state index in [1.165, 1.54) is 31.4 Å². The number of para-hydroxylation sites is 1. The Balaban J connectivity index is 0.00000300. The van der Waals surface area contributed by atoms with Crippen LogP contribution in [0.3, 0.4) is 0 Å². The fourth-order valence-corrected chi connectivity index (χ4v) is 5.43. The number of fused-ring (bicyclic) bond motifs is 1. The Bertz CT molecular complexity index is 2200. The number of rotatable bonds is 9. The van der Waals surface area contributed by atoms with E-state index in [2.05, 4.69) is 25.8 Å². The minimum Gasteiger partial charge on any atom is -0.744 e. The summed E-state index contributed by atoms with van der Waals surface area (Å²) in [5, 5.41) is 31.0. The van der Waals surface area contributed by atoms with Crippen molar-refractivity contribution < 1.29 is 73.5 Å². The van der Waals surface area contributed by atoms with Crippen LogP contribution < -0.4 is 47.8 Å². The summed E-state index contributed by atoms with van der Waals surface area (Å²) in [5.74, 6) is -0.386. The molecular weight excluding hydrogens is 636 g/mol. The molecule has 0 atom stereocenters. The number of hydrogen-bond donors (Lipinski definition) is 2. The van der Waals surface area contributed by atoms with Crippen molar-refractivity contribution in [2.75, 3.05) is 12.4 Å². The number of azo groups is 2. The summed E-state index contributed by atoms with van der Waals surface area (Å²) in [4.78, 5) is -1.16. The van der Waals surface area contributed by atoms with Gasteiger partial charge in [-0.2, -0.15) is 10.2 Å². The number of hydrogen-bond acceptors (Lipinski definition) is 13. The van der Waals surface area contributed by atoms with Crippen molar-refractivity contribution in [2.24, 2.45) is 20.5 Å². The summed E-state index contributed by atoms with van der Waals surface area (Å²) in [7, 11) is -8.33. The molecule has 0 aliphatic rings. The van der Waals surface area contributed by atoms with E-state index in [1.54, 1.807) is 25.1 Å². The van der Waals surface area contributed by atoms with Gasteiger partial charge in [-0.25, -0.2) is 16.8 Å². The molecule has 5 aromatic rings. The van der Waals surface area contributed by atoms with E-state index in [1.807, 2.05) is 30.3 Å². The molecular formula is C30H23Li2N5O8S2. The third kappa shape index (κ3) is 8.87. The van der Waals surface area contributed by atoms with Crippen LogP contribution in [0, 0.1) is 6.92 Å². The van der Waals surface area contributed by atoms with Crippen LogP contribution in [0.2, 0.25) is 0 Å². The molecule has 0 saturated heterocycles. The van der Waals surface area contributed by atoms with Crippen molar-refractivity contribution in [1.82, 2.24) is 0 Å². The summed E-state index contributed by atoms with van der Waals surface area (Å²) < 4.78 is 75.5. The third-order valence-electron chi connectivity index (χ3n) is 6.54. The molecule has 0 fully saturated rings. The Hall–Kier alpha value is -4.03. The second kappa shape index (κ2) is 15.3. The molecule has 0 aromatic heterocycles. The second-order valence-electron chi connectivity index (χ2n) is 9.61. The zero-order valence-corrected chi connectivity index (χ0v) is 27.2. The molecule has 17 heteroatoms. The molecule has 0 spiro atoms. The van der Waals surface area contributed by atoms with Crippen LogP contribution in [0.5, 0.6) is 11.5 Å². The molecule has 0 unspecified atom stereocenters. The van der Waals surface area contributed by atoms with Crippen molar-refractivity contribution in [1.29, 1.82) is 0 Å². The minimum atomic E-state index is -5.09. The quantitative estimate of drug-likeness (QED) is 0.133. The maximum Gasteiger partial charge on any atom is 1.00 e. The number of phenolic OH excluding ortho intramolecular Hbond substituents is 1. The molecule has 0 heterocycles. The molecule has 0 aliphatic carbocycles. The van der Waals surface area contributed by atoms with Crippen LogP contribution >= 0.6 is 0 Å². The van der Waals surface area contributed by atoms with Gasteiger partial charge in [-0.1, -0.05) is 18.2 Å². The van der Waals surface area contributed by atoms with Gasteiger partial charge in [0.15, 0.2) is 5.75 Å². The molecule has 0 aliphatic heterocycles. The number of phenols is 1. The summed E-state index contributed by atoms with van der Waals surface area (Å²) >= 11 is 0. The standard InChI is InChI=1S/C30H25N5O8S2.2Li/c1-18-14-26(27(43-2)17-25(18)33-32-21-8-11-23(12-9-21)44(37,38)39)34-35-29-28(45(40,41)42)16-19-15-22(10-13-24(19)30(29)36)31-20-6-4-3-5-7-20;;/h3-17,31,36H,1-2H3,(H,37,38,39)(H,40,41,42);;/q;2*+1/p-2. The second-order valence-corrected chi connectivity index (χ2v) is 12.3. The van der Waals surface area contributed by atoms with Gasteiger partial charge in [-0.05, 0) is 84.6 Å². The molecule has 5 aromatic carbocycles. The average molecular weight is 660 g/mol. The Morgan fingerprint density at radius 3 is 2.00 bits per heavy atom. The van der Waals surface area contributed by atoms with Gasteiger partial charge in [0, 0.05) is 22.8 Å². The van der Waals surface area contributed by atoms with Crippen LogP contribution in [0.4, 0.5) is 34.1 Å². The molecule has 0 bridgehead atoms. The number of anilines is 2. The minimum absolute atomic E-state index is 0. The van der Waals surface area contributed by atoms with Crippen LogP contribution in [0.15, 0.2) is 121 Å². The summed E-state index contributed by atoms with van der Waals surface area (Å²) in [6.45, 7) is 1.68. The van der Waals surface area contributed by atoms with E-state index < -0.39 is 41.5 Å². The van der Waals surface area contributed by atoms with Gasteiger partial charge in [0.1, 0.15) is 37.4 Å². The van der Waals surface area contributed by atoms with Crippen molar-refractivity contribution in [3.63, 3.8) is 0 Å². The van der Waals surface area contributed by atoms with E-state index in [9.17, 15) is 31.0 Å². The van der Waals surface area contributed by atoms with Crippen molar-refractivity contribution in [2.45, 2.75) is 16.7 Å². The van der Waals surface area contributed by atoms with Crippen LogP contribution in [0.25, 0.3) is 10.8 Å². The Morgan fingerprint density at radius 1 is 0.723 bits per heavy atom. The summed E-state index contributed by atoms with van der Waals surface area (Å²) in [6, 6.07) is 23.1. The van der Waals surface area contributed by atoms with Gasteiger partial charge in [0.25, 0.3) is 0 Å². The predicted molar refractivity (Wildman–Crippen MR) is 164 cm³/mol. The first-order chi connectivity index (χ1) is 21.3. The van der Waals surface area contributed by atoms with Gasteiger partial charge in [-0.3, -0.25) is 0 Å². The zero-order valence-electron chi connectivity index (χ0n) is 25.6. The van der Waals surface area contributed by atoms with Gasteiger partial charge in [-0.15, -0.1) is 10.2 Å². The molecule has 0 amide bonds. The SMILES string of the molecule is COc1cc(N=Nc2ccc(S(=O)(=O)[O-])cc2)c(C)cc1N=Nc1c(S(=O)(=O)[O-])cc2cc(Nc3ccccc3)ccc2c1O.[Li+].[Li+]. The number of methoxy groups -OCH3 is 1.